The van der Waals surface area contributed by atoms with Gasteiger partial charge < -0.3 is 14.0 Å². The first kappa shape index (κ1) is 32.0. The molecule has 0 fully saturated rings. The van der Waals surface area contributed by atoms with Crippen LogP contribution >= 0.6 is 7.37 Å². The van der Waals surface area contributed by atoms with E-state index in [1.807, 2.05) is 71.9 Å². The third kappa shape index (κ3) is 7.79. The van der Waals surface area contributed by atoms with Gasteiger partial charge in [-0.3, -0.25) is 4.57 Å². The molecule has 40 heavy (non-hydrogen) atoms. The molecule has 1 unspecified atom stereocenters. The molecule has 1 heterocycles. The van der Waals surface area contributed by atoms with E-state index < -0.39 is 35.0 Å². The maximum atomic E-state index is 14.0. The van der Waals surface area contributed by atoms with Gasteiger partial charge >= 0.3 is 6.18 Å². The molecule has 220 valence electrons. The Balaban J connectivity index is 1.80. The number of halogens is 3. The highest BCUT2D eigenvalue weighted by molar-refractivity contribution is 7.62. The standard InChI is InChI=1S/C31H41F3NO4P/c1-23-35-30(21-38-23,22-39-40(36,28(2,3)4)29(5,6)7)18-17-25-15-16-27(26(20-25)31(32,33)34)37-19-11-14-24-12-9-8-10-13-24/h8-10,12-13,15-18,20H,11,14,19,21-22H2,1-7H3. The predicted molar refractivity (Wildman–Crippen MR) is 156 cm³/mol. The zero-order chi connectivity index (χ0) is 29.8. The summed E-state index contributed by atoms with van der Waals surface area (Å²) in [5, 5.41) is -1.24. The average Bonchev–Trinajstić information content (AvgIpc) is 3.24. The summed E-state index contributed by atoms with van der Waals surface area (Å²) in [6.45, 7) is 13.3. The summed E-state index contributed by atoms with van der Waals surface area (Å²) < 4.78 is 73.2. The molecule has 1 aliphatic heterocycles. The molecule has 0 amide bonds. The lowest BCUT2D eigenvalue weighted by Gasteiger charge is -2.41. The van der Waals surface area contributed by atoms with Crippen molar-refractivity contribution in [2.45, 2.75) is 83.3 Å². The van der Waals surface area contributed by atoms with Gasteiger partial charge in [-0.1, -0.05) is 90.1 Å². The minimum Gasteiger partial charge on any atom is -0.493 e. The summed E-state index contributed by atoms with van der Waals surface area (Å²) in [6, 6.07) is 13.7. The van der Waals surface area contributed by atoms with E-state index >= 15 is 0 Å². The molecule has 5 nitrogen and oxygen atoms in total. The Labute approximate surface area is 236 Å². The minimum absolute atomic E-state index is 0.0264. The van der Waals surface area contributed by atoms with Crippen LogP contribution in [0.1, 0.15) is 71.6 Å². The van der Waals surface area contributed by atoms with Gasteiger partial charge in [0, 0.05) is 17.2 Å². The van der Waals surface area contributed by atoms with Crippen molar-refractivity contribution in [3.63, 3.8) is 0 Å². The molecular formula is C31H41F3NO4P. The number of aliphatic imine (C=N–C) groups is 1. The molecule has 0 N–H and O–H groups in total. The Morgan fingerprint density at radius 3 is 2.23 bits per heavy atom. The van der Waals surface area contributed by atoms with Crippen molar-refractivity contribution in [2.24, 2.45) is 4.99 Å². The molecule has 0 spiro atoms. The van der Waals surface area contributed by atoms with Crippen molar-refractivity contribution >= 4 is 19.3 Å². The molecule has 0 radical (unpaired) electrons. The lowest BCUT2D eigenvalue weighted by molar-refractivity contribution is -0.139. The quantitative estimate of drug-likeness (QED) is 0.209. The van der Waals surface area contributed by atoms with Gasteiger partial charge in [0.15, 0.2) is 5.90 Å². The number of hydrogen-bond donors (Lipinski definition) is 0. The van der Waals surface area contributed by atoms with Crippen LogP contribution in [0.5, 0.6) is 5.75 Å². The Kier molecular flexibility index (Phi) is 9.68. The van der Waals surface area contributed by atoms with Crippen molar-refractivity contribution in [3.8, 4) is 5.75 Å². The fraction of sp³-hybridized carbons (Fsp3) is 0.516. The number of benzene rings is 2. The number of ether oxygens (including phenoxy) is 2. The van der Waals surface area contributed by atoms with E-state index in [2.05, 4.69) is 4.99 Å². The van der Waals surface area contributed by atoms with Crippen LogP contribution < -0.4 is 4.74 Å². The zero-order valence-corrected chi connectivity index (χ0v) is 25.4. The second-order valence-corrected chi connectivity index (χ2v) is 16.3. The number of aryl methyl sites for hydroxylation is 1. The summed E-state index contributed by atoms with van der Waals surface area (Å²) in [7, 11) is -3.19. The molecule has 9 heteroatoms. The third-order valence-corrected chi connectivity index (χ3v) is 10.8. The molecule has 0 saturated heterocycles. The maximum Gasteiger partial charge on any atom is 0.419 e. The van der Waals surface area contributed by atoms with E-state index in [1.165, 1.54) is 6.07 Å². The van der Waals surface area contributed by atoms with Crippen LogP contribution in [0.3, 0.4) is 0 Å². The molecule has 2 aromatic rings. The fourth-order valence-corrected chi connectivity index (χ4v) is 7.96. The highest BCUT2D eigenvalue weighted by Gasteiger charge is 2.49. The summed E-state index contributed by atoms with van der Waals surface area (Å²) in [4.78, 5) is 4.58. The van der Waals surface area contributed by atoms with Crippen LogP contribution in [-0.4, -0.2) is 41.6 Å². The van der Waals surface area contributed by atoms with Gasteiger partial charge in [0.2, 0.25) is 7.37 Å². The maximum absolute atomic E-state index is 14.0. The number of hydrogen-bond acceptors (Lipinski definition) is 5. The van der Waals surface area contributed by atoms with Crippen molar-refractivity contribution in [3.05, 3.63) is 71.3 Å². The van der Waals surface area contributed by atoms with Gasteiger partial charge in [0.05, 0.1) is 18.8 Å². The first-order valence-electron chi connectivity index (χ1n) is 13.5. The SMILES string of the molecule is CC1=NC(C=Cc2ccc(OCCCc3ccccc3)c(C(F)(F)F)c2)(COP(=O)(C(C)(C)C)C(C)(C)C)CO1. The topological polar surface area (TPSA) is 57.1 Å². The van der Waals surface area contributed by atoms with Gasteiger partial charge in [0.1, 0.15) is 17.9 Å². The minimum atomic E-state index is -4.59. The van der Waals surface area contributed by atoms with E-state index in [1.54, 1.807) is 25.1 Å². The number of nitrogens with zero attached hydrogens (tertiary/aromatic N) is 1. The van der Waals surface area contributed by atoms with Crippen molar-refractivity contribution in [1.29, 1.82) is 0 Å². The predicted octanol–water partition coefficient (Wildman–Crippen LogP) is 8.81. The smallest absolute Gasteiger partial charge is 0.419 e. The van der Waals surface area contributed by atoms with E-state index in [0.717, 1.165) is 11.6 Å². The second kappa shape index (κ2) is 12.1. The highest BCUT2D eigenvalue weighted by atomic mass is 31.2. The molecular weight excluding hydrogens is 538 g/mol. The largest absolute Gasteiger partial charge is 0.493 e. The zero-order valence-electron chi connectivity index (χ0n) is 24.5. The van der Waals surface area contributed by atoms with Crippen LogP contribution in [0.15, 0.2) is 59.6 Å². The van der Waals surface area contributed by atoms with Gasteiger partial charge in [-0.15, -0.1) is 0 Å². The van der Waals surface area contributed by atoms with E-state index in [4.69, 9.17) is 14.0 Å². The molecule has 2 aromatic carbocycles. The molecule has 0 bridgehead atoms. The van der Waals surface area contributed by atoms with Crippen LogP contribution in [0.25, 0.3) is 6.08 Å². The monoisotopic (exact) mass is 579 g/mol. The molecule has 1 aliphatic rings. The van der Waals surface area contributed by atoms with Crippen LogP contribution in [0, 0.1) is 0 Å². The Morgan fingerprint density at radius 2 is 1.68 bits per heavy atom. The number of alkyl halides is 3. The van der Waals surface area contributed by atoms with Crippen molar-refractivity contribution in [1.82, 2.24) is 0 Å². The Hall–Kier alpha value is -2.57. The van der Waals surface area contributed by atoms with Crippen LogP contribution in [-0.2, 0) is 26.4 Å². The van der Waals surface area contributed by atoms with E-state index in [9.17, 15) is 17.7 Å². The highest BCUT2D eigenvalue weighted by Crippen LogP contribution is 2.67. The summed E-state index contributed by atoms with van der Waals surface area (Å²) in [6.07, 6.45) is -0.0313. The molecule has 0 aliphatic carbocycles. The first-order valence-corrected chi connectivity index (χ1v) is 15.1. The lowest BCUT2D eigenvalue weighted by atomic mass is 10.0. The second-order valence-electron chi connectivity index (χ2n) is 12.2. The summed E-state index contributed by atoms with van der Waals surface area (Å²) in [5.41, 5.74) is -0.415. The normalized spacial score (nSPS) is 18.6. The van der Waals surface area contributed by atoms with E-state index in [-0.39, 0.29) is 25.6 Å². The van der Waals surface area contributed by atoms with Crippen LogP contribution in [0.2, 0.25) is 0 Å². The van der Waals surface area contributed by atoms with Gasteiger partial charge in [0.25, 0.3) is 0 Å². The molecule has 0 saturated carbocycles. The van der Waals surface area contributed by atoms with Crippen molar-refractivity contribution in [2.75, 3.05) is 19.8 Å². The van der Waals surface area contributed by atoms with Crippen LogP contribution in [0.4, 0.5) is 13.2 Å². The Morgan fingerprint density at radius 1 is 1.02 bits per heavy atom. The third-order valence-electron chi connectivity index (χ3n) is 6.78. The first-order chi connectivity index (χ1) is 18.5. The van der Waals surface area contributed by atoms with Gasteiger partial charge in [-0.25, -0.2) is 4.99 Å². The van der Waals surface area contributed by atoms with Crippen molar-refractivity contribution < 1.29 is 31.7 Å². The molecule has 1 atom stereocenters. The fourth-order valence-electron chi connectivity index (χ4n) is 4.76. The summed E-state index contributed by atoms with van der Waals surface area (Å²) in [5.74, 6) is 0.231. The molecule has 3 rings (SSSR count). The number of rotatable bonds is 10. The summed E-state index contributed by atoms with van der Waals surface area (Å²) >= 11 is 0. The van der Waals surface area contributed by atoms with E-state index in [0.29, 0.717) is 24.3 Å². The van der Waals surface area contributed by atoms with Gasteiger partial charge in [-0.2, -0.15) is 13.2 Å². The molecule has 0 aromatic heterocycles. The van der Waals surface area contributed by atoms with Gasteiger partial charge in [-0.05, 0) is 36.1 Å². The Bertz CT molecular complexity index is 1240. The lowest BCUT2D eigenvalue weighted by Crippen LogP contribution is -2.36. The average molecular weight is 580 g/mol.